The van der Waals surface area contributed by atoms with E-state index in [0.717, 1.165) is 0 Å². The van der Waals surface area contributed by atoms with Crippen LogP contribution in [0.2, 0.25) is 0 Å². The summed E-state index contributed by atoms with van der Waals surface area (Å²) in [6.45, 7) is -0.123. The minimum Gasteiger partial charge on any atom is -0.467 e. The highest BCUT2D eigenvalue weighted by molar-refractivity contribution is 5.82. The van der Waals surface area contributed by atoms with Crippen molar-refractivity contribution >= 4 is 5.97 Å². The zero-order valence-electron chi connectivity index (χ0n) is 14.0. The third kappa shape index (κ3) is 3.44. The van der Waals surface area contributed by atoms with Crippen molar-refractivity contribution in [2.45, 2.75) is 12.1 Å². The number of hydrogen-bond donors (Lipinski definition) is 0. The summed E-state index contributed by atoms with van der Waals surface area (Å²) in [5.74, 6) is 0.459. The van der Waals surface area contributed by atoms with E-state index in [1.54, 1.807) is 24.3 Å². The lowest BCUT2D eigenvalue weighted by atomic mass is 9.90. The predicted molar refractivity (Wildman–Crippen MR) is 92.5 cm³/mol. The van der Waals surface area contributed by atoms with Crippen LogP contribution in [0.4, 0.5) is 0 Å². The van der Waals surface area contributed by atoms with Crippen LogP contribution in [0.15, 0.2) is 72.4 Å². The van der Waals surface area contributed by atoms with E-state index >= 15 is 0 Å². The topological polar surface area (TPSA) is 95.7 Å². The van der Waals surface area contributed by atoms with E-state index < -0.39 is 11.5 Å². The molecule has 0 fully saturated rings. The lowest BCUT2D eigenvalue weighted by molar-refractivity contribution is -0.148. The molecule has 1 heterocycles. The molecule has 0 spiro atoms. The Hall–Kier alpha value is -3.55. The van der Waals surface area contributed by atoms with Gasteiger partial charge in [0.25, 0.3) is 0 Å². The summed E-state index contributed by atoms with van der Waals surface area (Å²) in [6, 6.07) is 15.8. The summed E-state index contributed by atoms with van der Waals surface area (Å²) in [6.07, 6.45) is 2.71. The zero-order valence-corrected chi connectivity index (χ0v) is 14.0. The highest BCUT2D eigenvalue weighted by Gasteiger charge is 2.44. The van der Waals surface area contributed by atoms with Gasteiger partial charge in [-0.25, -0.2) is 14.5 Å². The third-order valence-corrected chi connectivity index (χ3v) is 3.85. The fourth-order valence-corrected chi connectivity index (χ4v) is 2.53. The summed E-state index contributed by atoms with van der Waals surface area (Å²) >= 11 is 0. The molecule has 0 aliphatic heterocycles. The molecule has 0 bridgehead atoms. The van der Waals surface area contributed by atoms with Gasteiger partial charge in [-0.2, -0.15) is 5.10 Å². The summed E-state index contributed by atoms with van der Waals surface area (Å²) in [5, 5.41) is 7.03. The molecule has 0 N–H and O–H groups in total. The smallest absolute Gasteiger partial charge is 0.344 e. The fourth-order valence-electron chi connectivity index (χ4n) is 2.53. The normalized spacial score (nSPS) is 12.8. The Balaban J connectivity index is 1.91. The number of ether oxygens (including phenoxy) is 2. The lowest BCUT2D eigenvalue weighted by Gasteiger charge is -2.23. The summed E-state index contributed by atoms with van der Waals surface area (Å²) in [7, 11) is 1.20. The fraction of sp³-hybridized carbons (Fsp3) is 0.167. The van der Waals surface area contributed by atoms with Crippen molar-refractivity contribution in [1.82, 2.24) is 14.8 Å². The molecule has 3 rings (SSSR count). The first-order valence-electron chi connectivity index (χ1n) is 7.77. The molecule has 0 aliphatic rings. The Kier molecular flexibility index (Phi) is 5.02. The number of nitroso groups, excluding NO2 is 1. The number of aromatic nitrogens is 3. The van der Waals surface area contributed by atoms with Crippen LogP contribution in [0, 0.1) is 4.91 Å². The van der Waals surface area contributed by atoms with Crippen molar-refractivity contribution in [2.75, 3.05) is 7.11 Å². The van der Waals surface area contributed by atoms with E-state index in [9.17, 15) is 9.70 Å². The maximum Gasteiger partial charge on any atom is 0.344 e. The van der Waals surface area contributed by atoms with Gasteiger partial charge in [-0.15, -0.1) is 4.91 Å². The third-order valence-electron chi connectivity index (χ3n) is 3.85. The van der Waals surface area contributed by atoms with Crippen LogP contribution >= 0.6 is 0 Å². The van der Waals surface area contributed by atoms with Gasteiger partial charge in [-0.1, -0.05) is 30.3 Å². The highest BCUT2D eigenvalue weighted by atomic mass is 16.5. The number of hydrogen-bond acceptors (Lipinski definition) is 7. The Morgan fingerprint density at radius 3 is 2.38 bits per heavy atom. The second kappa shape index (κ2) is 7.56. The molecule has 2 aromatic carbocycles. The van der Waals surface area contributed by atoms with Gasteiger partial charge in [0.1, 0.15) is 24.2 Å². The maximum atomic E-state index is 12.4. The number of carbonyl (C=O) groups is 1. The van der Waals surface area contributed by atoms with Gasteiger partial charge in [-0.3, -0.25) is 0 Å². The molecule has 0 radical (unpaired) electrons. The Labute approximate surface area is 149 Å². The number of para-hydroxylation sites is 1. The molecule has 1 atom stereocenters. The van der Waals surface area contributed by atoms with Gasteiger partial charge in [0.05, 0.1) is 13.7 Å². The molecule has 0 saturated carbocycles. The largest absolute Gasteiger partial charge is 0.467 e. The molecular formula is C18H16N4O4. The van der Waals surface area contributed by atoms with Crippen molar-refractivity contribution in [2.24, 2.45) is 5.18 Å². The molecule has 1 unspecified atom stereocenters. The van der Waals surface area contributed by atoms with Crippen molar-refractivity contribution in [3.8, 4) is 11.5 Å². The SMILES string of the molecule is COC(=O)C(Cn1cncn1)(N=O)c1ccc(Oc2ccccc2)cc1. The van der Waals surface area contributed by atoms with Gasteiger partial charge >= 0.3 is 5.97 Å². The number of rotatable bonds is 7. The Bertz CT molecular complexity index is 866. The van der Waals surface area contributed by atoms with E-state index in [2.05, 4.69) is 15.3 Å². The summed E-state index contributed by atoms with van der Waals surface area (Å²) < 4.78 is 11.9. The van der Waals surface area contributed by atoms with E-state index in [-0.39, 0.29) is 6.54 Å². The molecule has 132 valence electrons. The quantitative estimate of drug-likeness (QED) is 0.479. The minimum atomic E-state index is -1.77. The average molecular weight is 352 g/mol. The first kappa shape index (κ1) is 17.3. The highest BCUT2D eigenvalue weighted by Crippen LogP contribution is 2.31. The second-order valence-corrected chi connectivity index (χ2v) is 5.48. The minimum absolute atomic E-state index is 0.123. The number of benzene rings is 2. The molecule has 1 aromatic heterocycles. The van der Waals surface area contributed by atoms with Gasteiger partial charge in [0.2, 0.25) is 5.54 Å². The van der Waals surface area contributed by atoms with Gasteiger partial charge in [0, 0.05) is 0 Å². The molecule has 8 heteroatoms. The van der Waals surface area contributed by atoms with Gasteiger partial charge in [0.15, 0.2) is 0 Å². The van der Waals surface area contributed by atoms with Crippen LogP contribution < -0.4 is 4.74 Å². The molecule has 0 aliphatic carbocycles. The Morgan fingerprint density at radius 1 is 1.12 bits per heavy atom. The van der Waals surface area contributed by atoms with Crippen molar-refractivity contribution in [3.05, 3.63) is 77.7 Å². The first-order chi connectivity index (χ1) is 12.7. The van der Waals surface area contributed by atoms with E-state index in [1.807, 2.05) is 30.3 Å². The molecule has 26 heavy (non-hydrogen) atoms. The van der Waals surface area contributed by atoms with Gasteiger partial charge in [-0.05, 0) is 35.0 Å². The molecule has 8 nitrogen and oxygen atoms in total. The van der Waals surface area contributed by atoms with Crippen LogP contribution in [-0.4, -0.2) is 27.8 Å². The van der Waals surface area contributed by atoms with Crippen LogP contribution in [0.1, 0.15) is 5.56 Å². The molecular weight excluding hydrogens is 336 g/mol. The molecule has 3 aromatic rings. The van der Waals surface area contributed by atoms with Crippen molar-refractivity contribution in [3.63, 3.8) is 0 Å². The monoisotopic (exact) mass is 352 g/mol. The number of carbonyl (C=O) groups excluding carboxylic acids is 1. The van der Waals surface area contributed by atoms with E-state index in [4.69, 9.17) is 9.47 Å². The van der Waals surface area contributed by atoms with E-state index in [0.29, 0.717) is 17.1 Å². The van der Waals surface area contributed by atoms with Crippen molar-refractivity contribution in [1.29, 1.82) is 0 Å². The number of methoxy groups -OCH3 is 1. The molecule has 0 saturated heterocycles. The second-order valence-electron chi connectivity index (χ2n) is 5.48. The van der Waals surface area contributed by atoms with Crippen LogP contribution in [0.3, 0.4) is 0 Å². The standard InChI is InChI=1S/C18H16N4O4/c1-25-17(23)18(21-24,11-22-13-19-12-20-22)14-7-9-16(10-8-14)26-15-5-3-2-4-6-15/h2-10,12-13H,11H2,1H3. The maximum absolute atomic E-state index is 12.4. The first-order valence-corrected chi connectivity index (χ1v) is 7.77. The number of esters is 1. The average Bonchev–Trinajstić information content (AvgIpc) is 3.20. The predicted octanol–water partition coefficient (Wildman–Crippen LogP) is 2.91. The van der Waals surface area contributed by atoms with Crippen molar-refractivity contribution < 1.29 is 14.3 Å². The molecule has 0 amide bonds. The summed E-state index contributed by atoms with van der Waals surface area (Å²) in [5.41, 5.74) is -1.40. The van der Waals surface area contributed by atoms with Crippen LogP contribution in [0.25, 0.3) is 0 Å². The van der Waals surface area contributed by atoms with Gasteiger partial charge < -0.3 is 9.47 Å². The van der Waals surface area contributed by atoms with Crippen LogP contribution in [-0.2, 0) is 21.6 Å². The summed E-state index contributed by atoms with van der Waals surface area (Å²) in [4.78, 5) is 27.9. The zero-order chi connectivity index (χ0) is 18.4. The Morgan fingerprint density at radius 2 is 1.81 bits per heavy atom. The number of nitrogens with zero attached hydrogens (tertiary/aromatic N) is 4. The lowest BCUT2D eigenvalue weighted by Crippen LogP contribution is -2.39. The van der Waals surface area contributed by atoms with Crippen LogP contribution in [0.5, 0.6) is 11.5 Å². The van der Waals surface area contributed by atoms with E-state index in [1.165, 1.54) is 24.4 Å².